The first-order chi connectivity index (χ1) is 11.1. The second-order valence-electron chi connectivity index (χ2n) is 6.09. The summed E-state index contributed by atoms with van der Waals surface area (Å²) in [6.45, 7) is 1.01. The Hall–Kier alpha value is -1.62. The third-order valence-electron chi connectivity index (χ3n) is 4.74. The molecule has 1 saturated carbocycles. The minimum Gasteiger partial charge on any atom is -0.495 e. The van der Waals surface area contributed by atoms with Crippen LogP contribution in [0.2, 0.25) is 5.02 Å². The average molecular weight is 341 g/mol. The second kappa shape index (κ2) is 6.48. The molecule has 1 fully saturated rings. The smallest absolute Gasteiger partial charge is 0.314 e. The van der Waals surface area contributed by atoms with Crippen molar-refractivity contribution < 1.29 is 24.1 Å². The van der Waals surface area contributed by atoms with E-state index in [1.54, 1.807) is 6.07 Å². The Labute approximate surface area is 140 Å². The van der Waals surface area contributed by atoms with E-state index >= 15 is 0 Å². The van der Waals surface area contributed by atoms with Crippen molar-refractivity contribution in [2.45, 2.75) is 43.9 Å². The minimum absolute atomic E-state index is 0.359. The number of rotatable bonds is 3. The van der Waals surface area contributed by atoms with E-state index in [2.05, 4.69) is 0 Å². The number of carbonyl (C=O) groups is 1. The number of halogens is 1. The summed E-state index contributed by atoms with van der Waals surface area (Å²) in [5.41, 5.74) is -0.497. The molecule has 2 aliphatic rings. The fourth-order valence-electron chi connectivity index (χ4n) is 3.62. The van der Waals surface area contributed by atoms with Gasteiger partial charge in [-0.05, 0) is 12.8 Å². The van der Waals surface area contributed by atoms with Crippen LogP contribution < -0.4 is 14.2 Å². The topological polar surface area (TPSA) is 65.0 Å². The Kier molecular flexibility index (Phi) is 4.57. The lowest BCUT2D eigenvalue weighted by molar-refractivity contribution is -0.145. The van der Waals surface area contributed by atoms with Crippen LogP contribution in [-0.2, 0) is 10.2 Å². The Morgan fingerprint density at radius 1 is 1.22 bits per heavy atom. The number of benzene rings is 1. The van der Waals surface area contributed by atoms with E-state index in [1.807, 2.05) is 0 Å². The quantitative estimate of drug-likeness (QED) is 0.906. The summed E-state index contributed by atoms with van der Waals surface area (Å²) < 4.78 is 17.1. The predicted octanol–water partition coefficient (Wildman–Crippen LogP) is 3.80. The van der Waals surface area contributed by atoms with E-state index in [9.17, 15) is 9.90 Å². The zero-order valence-corrected chi connectivity index (χ0v) is 13.9. The molecule has 0 saturated heterocycles. The summed E-state index contributed by atoms with van der Waals surface area (Å²) in [5.74, 6) is 0.524. The Bertz CT molecular complexity index is 607. The van der Waals surface area contributed by atoms with Gasteiger partial charge in [0.15, 0.2) is 11.5 Å². The van der Waals surface area contributed by atoms with E-state index in [0.717, 1.165) is 25.7 Å². The van der Waals surface area contributed by atoms with Crippen LogP contribution in [0.3, 0.4) is 0 Å². The van der Waals surface area contributed by atoms with Crippen LogP contribution in [-0.4, -0.2) is 31.4 Å². The molecule has 0 spiro atoms. The fraction of sp³-hybridized carbons (Fsp3) is 0.588. The molecule has 0 aromatic heterocycles. The van der Waals surface area contributed by atoms with Crippen LogP contribution in [0, 0.1) is 0 Å². The summed E-state index contributed by atoms with van der Waals surface area (Å²) in [4.78, 5) is 12.2. The summed E-state index contributed by atoms with van der Waals surface area (Å²) in [6, 6.07) is 1.66. The van der Waals surface area contributed by atoms with Gasteiger partial charge in [0, 0.05) is 12.5 Å². The lowest BCUT2D eigenvalue weighted by Gasteiger charge is -2.36. The SMILES string of the molecule is COc1c(Cl)cc2c(c1C1(C(=O)O)CCCCC1)OCCCO2. The van der Waals surface area contributed by atoms with Gasteiger partial charge in [-0.2, -0.15) is 0 Å². The van der Waals surface area contributed by atoms with Gasteiger partial charge in [-0.15, -0.1) is 0 Å². The van der Waals surface area contributed by atoms with Crippen molar-refractivity contribution in [1.82, 2.24) is 0 Å². The van der Waals surface area contributed by atoms with Gasteiger partial charge in [-0.3, -0.25) is 4.79 Å². The van der Waals surface area contributed by atoms with Crippen molar-refractivity contribution in [3.8, 4) is 17.2 Å². The van der Waals surface area contributed by atoms with Crippen LogP contribution in [0.5, 0.6) is 17.2 Å². The molecule has 0 radical (unpaired) electrons. The monoisotopic (exact) mass is 340 g/mol. The third-order valence-corrected chi connectivity index (χ3v) is 5.03. The van der Waals surface area contributed by atoms with Gasteiger partial charge in [0.2, 0.25) is 0 Å². The average Bonchev–Trinajstić information content (AvgIpc) is 2.79. The van der Waals surface area contributed by atoms with Gasteiger partial charge in [-0.1, -0.05) is 30.9 Å². The lowest BCUT2D eigenvalue weighted by Crippen LogP contribution is -2.38. The Morgan fingerprint density at radius 3 is 2.57 bits per heavy atom. The van der Waals surface area contributed by atoms with Crippen molar-refractivity contribution >= 4 is 17.6 Å². The third kappa shape index (κ3) is 2.71. The summed E-state index contributed by atoms with van der Waals surface area (Å²) >= 11 is 6.35. The van der Waals surface area contributed by atoms with Gasteiger partial charge in [0.25, 0.3) is 0 Å². The van der Waals surface area contributed by atoms with Crippen LogP contribution in [0.15, 0.2) is 6.07 Å². The van der Waals surface area contributed by atoms with Gasteiger partial charge >= 0.3 is 5.97 Å². The van der Waals surface area contributed by atoms with Crippen molar-refractivity contribution in [2.24, 2.45) is 0 Å². The largest absolute Gasteiger partial charge is 0.495 e. The first-order valence-electron chi connectivity index (χ1n) is 8.00. The molecule has 0 atom stereocenters. The lowest BCUT2D eigenvalue weighted by atomic mass is 9.68. The zero-order valence-electron chi connectivity index (χ0n) is 13.2. The Morgan fingerprint density at radius 2 is 1.91 bits per heavy atom. The highest BCUT2D eigenvalue weighted by molar-refractivity contribution is 6.32. The number of fused-ring (bicyclic) bond motifs is 1. The summed E-state index contributed by atoms with van der Waals surface area (Å²) in [6.07, 6.45) is 4.60. The number of ether oxygens (including phenoxy) is 3. The Balaban J connectivity index is 2.26. The normalized spacial score (nSPS) is 19.7. The number of hydrogen-bond acceptors (Lipinski definition) is 4. The van der Waals surface area contributed by atoms with Crippen LogP contribution >= 0.6 is 11.6 Å². The van der Waals surface area contributed by atoms with Crippen molar-refractivity contribution in [3.63, 3.8) is 0 Å². The van der Waals surface area contributed by atoms with E-state index in [4.69, 9.17) is 25.8 Å². The predicted molar refractivity (Wildman–Crippen MR) is 86.0 cm³/mol. The molecule has 3 rings (SSSR count). The van der Waals surface area contributed by atoms with E-state index in [-0.39, 0.29) is 0 Å². The molecule has 23 heavy (non-hydrogen) atoms. The maximum absolute atomic E-state index is 12.2. The molecule has 1 aromatic carbocycles. The highest BCUT2D eigenvalue weighted by Gasteiger charge is 2.47. The molecule has 1 aromatic rings. The second-order valence-corrected chi connectivity index (χ2v) is 6.50. The van der Waals surface area contributed by atoms with Crippen LogP contribution in [0.1, 0.15) is 44.1 Å². The molecule has 0 unspecified atom stereocenters. The van der Waals surface area contributed by atoms with Crippen LogP contribution in [0.25, 0.3) is 0 Å². The number of methoxy groups -OCH3 is 1. The summed E-state index contributed by atoms with van der Waals surface area (Å²) in [7, 11) is 1.51. The summed E-state index contributed by atoms with van der Waals surface area (Å²) in [5, 5.41) is 10.4. The molecule has 1 aliphatic carbocycles. The molecular formula is C17H21ClO5. The maximum Gasteiger partial charge on any atom is 0.314 e. The fourth-order valence-corrected chi connectivity index (χ4v) is 3.89. The molecule has 1 heterocycles. The van der Waals surface area contributed by atoms with Crippen LogP contribution in [0.4, 0.5) is 0 Å². The number of carboxylic acids is 1. The number of aliphatic carboxylic acids is 1. The van der Waals surface area contributed by atoms with Gasteiger partial charge in [-0.25, -0.2) is 0 Å². The molecule has 1 N–H and O–H groups in total. The number of hydrogen-bond donors (Lipinski definition) is 1. The van der Waals surface area contributed by atoms with E-state index in [1.165, 1.54) is 7.11 Å². The molecule has 5 nitrogen and oxygen atoms in total. The maximum atomic E-state index is 12.2. The van der Waals surface area contributed by atoms with Gasteiger partial charge in [0.1, 0.15) is 11.2 Å². The molecule has 0 bridgehead atoms. The standard InChI is InChI=1S/C17H21ClO5/c1-21-14-11(18)10-12-15(23-9-5-8-22-12)13(14)17(16(19)20)6-3-2-4-7-17/h10H,2-9H2,1H3,(H,19,20). The molecular weight excluding hydrogens is 320 g/mol. The number of carboxylic acid groups (broad SMARTS) is 1. The molecule has 1 aliphatic heterocycles. The van der Waals surface area contributed by atoms with E-state index < -0.39 is 11.4 Å². The molecule has 126 valence electrons. The van der Waals surface area contributed by atoms with Gasteiger partial charge < -0.3 is 19.3 Å². The molecule has 6 heteroatoms. The van der Waals surface area contributed by atoms with Crippen molar-refractivity contribution in [2.75, 3.05) is 20.3 Å². The first kappa shape index (κ1) is 16.2. The zero-order chi connectivity index (χ0) is 16.4. The first-order valence-corrected chi connectivity index (χ1v) is 8.38. The minimum atomic E-state index is -1.04. The highest BCUT2D eigenvalue weighted by Crippen LogP contribution is 2.53. The van der Waals surface area contributed by atoms with Crippen molar-refractivity contribution in [1.29, 1.82) is 0 Å². The highest BCUT2D eigenvalue weighted by atomic mass is 35.5. The molecule has 0 amide bonds. The van der Waals surface area contributed by atoms with E-state index in [0.29, 0.717) is 53.9 Å². The van der Waals surface area contributed by atoms with Crippen molar-refractivity contribution in [3.05, 3.63) is 16.7 Å². The van der Waals surface area contributed by atoms with Gasteiger partial charge in [0.05, 0.1) is 30.9 Å².